The Bertz CT molecular complexity index is 586. The molecule has 0 fully saturated rings. The van der Waals surface area contributed by atoms with Crippen LogP contribution in [0, 0.1) is 5.82 Å². The summed E-state index contributed by atoms with van der Waals surface area (Å²) in [6.07, 6.45) is 1.23. The fourth-order valence-corrected chi connectivity index (χ4v) is 1.79. The summed E-state index contributed by atoms with van der Waals surface area (Å²) in [6, 6.07) is 4.39. The quantitative estimate of drug-likeness (QED) is 0.609. The molecule has 0 saturated heterocycles. The van der Waals surface area contributed by atoms with Gasteiger partial charge < -0.3 is 4.74 Å². The molecule has 1 aromatic heterocycles. The van der Waals surface area contributed by atoms with Crippen LogP contribution < -0.4 is 0 Å². The first-order valence-electron chi connectivity index (χ1n) is 5.05. The zero-order valence-electron chi connectivity index (χ0n) is 9.04. The van der Waals surface area contributed by atoms with Crippen LogP contribution in [0.25, 0.3) is 10.8 Å². The number of carbonyl (C=O) groups excluding carboxylic acids is 1. The third-order valence-corrected chi connectivity index (χ3v) is 2.61. The van der Waals surface area contributed by atoms with Crippen molar-refractivity contribution < 1.29 is 13.9 Å². The molecule has 0 aliphatic rings. The number of pyridine rings is 1. The molecular formula is C12H9ClFNO2. The van der Waals surface area contributed by atoms with E-state index in [1.165, 1.54) is 18.3 Å². The Morgan fingerprint density at radius 2 is 2.29 bits per heavy atom. The van der Waals surface area contributed by atoms with Gasteiger partial charge in [-0.1, -0.05) is 23.7 Å². The topological polar surface area (TPSA) is 39.2 Å². The molecule has 0 unspecified atom stereocenters. The highest BCUT2D eigenvalue weighted by atomic mass is 35.5. The molecule has 0 atom stereocenters. The Kier molecular flexibility index (Phi) is 3.24. The molecule has 88 valence electrons. The normalized spacial score (nSPS) is 10.5. The molecule has 2 rings (SSSR count). The number of fused-ring (bicyclic) bond motifs is 1. The average Bonchev–Trinajstić information content (AvgIpc) is 2.31. The minimum atomic E-state index is -0.605. The van der Waals surface area contributed by atoms with Crippen molar-refractivity contribution in [3.63, 3.8) is 0 Å². The van der Waals surface area contributed by atoms with Crippen LogP contribution >= 0.6 is 11.6 Å². The zero-order valence-corrected chi connectivity index (χ0v) is 9.79. The summed E-state index contributed by atoms with van der Waals surface area (Å²) in [7, 11) is 0. The van der Waals surface area contributed by atoms with Crippen LogP contribution in [0.5, 0.6) is 0 Å². The number of aromatic nitrogens is 1. The van der Waals surface area contributed by atoms with Crippen molar-refractivity contribution in [1.29, 1.82) is 0 Å². The van der Waals surface area contributed by atoms with Crippen LogP contribution in [0.3, 0.4) is 0 Å². The second kappa shape index (κ2) is 4.67. The van der Waals surface area contributed by atoms with Gasteiger partial charge >= 0.3 is 5.97 Å². The molecule has 0 aliphatic carbocycles. The number of esters is 1. The van der Waals surface area contributed by atoms with E-state index >= 15 is 0 Å². The molecule has 0 spiro atoms. The molecular weight excluding hydrogens is 245 g/mol. The summed E-state index contributed by atoms with van der Waals surface area (Å²) in [5.74, 6) is -1.12. The number of hydrogen-bond acceptors (Lipinski definition) is 3. The minimum Gasteiger partial charge on any atom is -0.462 e. The standard InChI is InChI=1S/C12H9ClFNO2/c1-2-17-12(16)8-6-15-11(13)7-4-3-5-9(14)10(7)8/h3-6H,2H2,1H3. The Hall–Kier alpha value is -1.68. The van der Waals surface area contributed by atoms with Crippen molar-refractivity contribution in [3.8, 4) is 0 Å². The van der Waals surface area contributed by atoms with E-state index in [1.807, 2.05) is 0 Å². The lowest BCUT2D eigenvalue weighted by molar-refractivity contribution is 0.0528. The highest BCUT2D eigenvalue weighted by Crippen LogP contribution is 2.27. The lowest BCUT2D eigenvalue weighted by Gasteiger charge is -2.07. The lowest BCUT2D eigenvalue weighted by Crippen LogP contribution is -2.07. The summed E-state index contributed by atoms with van der Waals surface area (Å²) in [5, 5.41) is 0.704. The smallest absolute Gasteiger partial charge is 0.340 e. The van der Waals surface area contributed by atoms with Crippen molar-refractivity contribution in [1.82, 2.24) is 4.98 Å². The number of rotatable bonds is 2. The molecule has 0 bridgehead atoms. The highest BCUT2D eigenvalue weighted by Gasteiger charge is 2.16. The summed E-state index contributed by atoms with van der Waals surface area (Å²) in [4.78, 5) is 15.5. The van der Waals surface area contributed by atoms with Crippen molar-refractivity contribution in [2.24, 2.45) is 0 Å². The highest BCUT2D eigenvalue weighted by molar-refractivity contribution is 6.34. The van der Waals surface area contributed by atoms with Gasteiger partial charge in [0.05, 0.1) is 12.2 Å². The maximum Gasteiger partial charge on any atom is 0.340 e. The van der Waals surface area contributed by atoms with Gasteiger partial charge in [0.1, 0.15) is 11.0 Å². The fourth-order valence-electron chi connectivity index (χ4n) is 1.59. The number of halogens is 2. The van der Waals surface area contributed by atoms with Gasteiger partial charge in [0.25, 0.3) is 0 Å². The van der Waals surface area contributed by atoms with Crippen LogP contribution in [-0.4, -0.2) is 17.6 Å². The molecule has 5 heteroatoms. The van der Waals surface area contributed by atoms with Gasteiger partial charge in [-0.2, -0.15) is 0 Å². The zero-order chi connectivity index (χ0) is 12.4. The second-order valence-electron chi connectivity index (χ2n) is 3.35. The fraction of sp³-hybridized carbons (Fsp3) is 0.167. The Morgan fingerprint density at radius 1 is 1.53 bits per heavy atom. The van der Waals surface area contributed by atoms with E-state index < -0.39 is 11.8 Å². The first-order valence-corrected chi connectivity index (χ1v) is 5.42. The third-order valence-electron chi connectivity index (χ3n) is 2.31. The summed E-state index contributed by atoms with van der Waals surface area (Å²) in [5.41, 5.74) is 0.0874. The Labute approximate surface area is 102 Å². The molecule has 0 saturated carbocycles. The number of carbonyl (C=O) groups is 1. The predicted molar refractivity (Wildman–Crippen MR) is 62.7 cm³/mol. The number of benzene rings is 1. The van der Waals surface area contributed by atoms with E-state index in [2.05, 4.69) is 4.98 Å². The van der Waals surface area contributed by atoms with Crippen LogP contribution in [0.2, 0.25) is 5.15 Å². The van der Waals surface area contributed by atoms with E-state index in [-0.39, 0.29) is 22.7 Å². The van der Waals surface area contributed by atoms with Gasteiger partial charge in [0.15, 0.2) is 0 Å². The molecule has 2 aromatic rings. The Balaban J connectivity index is 2.73. The molecule has 17 heavy (non-hydrogen) atoms. The maximum atomic E-state index is 13.7. The number of nitrogens with zero attached hydrogens (tertiary/aromatic N) is 1. The van der Waals surface area contributed by atoms with Crippen molar-refractivity contribution in [2.45, 2.75) is 6.92 Å². The van der Waals surface area contributed by atoms with E-state index in [0.29, 0.717) is 5.39 Å². The van der Waals surface area contributed by atoms with Gasteiger partial charge in [-0.25, -0.2) is 14.2 Å². The molecule has 0 amide bonds. The summed E-state index contributed by atoms with van der Waals surface area (Å²) in [6.45, 7) is 1.90. The van der Waals surface area contributed by atoms with E-state index in [9.17, 15) is 9.18 Å². The van der Waals surface area contributed by atoms with E-state index in [1.54, 1.807) is 13.0 Å². The minimum absolute atomic E-state index is 0.0874. The first kappa shape index (κ1) is 11.8. The van der Waals surface area contributed by atoms with Gasteiger partial charge in [-0.15, -0.1) is 0 Å². The molecule has 1 aromatic carbocycles. The van der Waals surface area contributed by atoms with Crippen molar-refractivity contribution in [3.05, 3.63) is 40.9 Å². The first-order chi connectivity index (χ1) is 8.15. The predicted octanol–water partition coefficient (Wildman–Crippen LogP) is 3.20. The van der Waals surface area contributed by atoms with Gasteiger partial charge in [-0.3, -0.25) is 0 Å². The average molecular weight is 254 g/mol. The van der Waals surface area contributed by atoms with Crippen LogP contribution in [0.15, 0.2) is 24.4 Å². The largest absolute Gasteiger partial charge is 0.462 e. The maximum absolute atomic E-state index is 13.7. The third kappa shape index (κ3) is 2.08. The van der Waals surface area contributed by atoms with Crippen LogP contribution in [0.1, 0.15) is 17.3 Å². The van der Waals surface area contributed by atoms with Crippen molar-refractivity contribution in [2.75, 3.05) is 6.61 Å². The summed E-state index contributed by atoms with van der Waals surface area (Å²) >= 11 is 5.85. The monoisotopic (exact) mass is 253 g/mol. The molecule has 1 heterocycles. The van der Waals surface area contributed by atoms with Gasteiger partial charge in [0.2, 0.25) is 0 Å². The van der Waals surface area contributed by atoms with E-state index in [0.717, 1.165) is 0 Å². The van der Waals surface area contributed by atoms with Crippen molar-refractivity contribution >= 4 is 28.3 Å². The Morgan fingerprint density at radius 3 is 3.00 bits per heavy atom. The number of ether oxygens (including phenoxy) is 1. The molecule has 0 aliphatic heterocycles. The summed E-state index contributed by atoms with van der Waals surface area (Å²) < 4.78 is 18.6. The van der Waals surface area contributed by atoms with E-state index in [4.69, 9.17) is 16.3 Å². The molecule has 0 N–H and O–H groups in total. The van der Waals surface area contributed by atoms with Crippen LogP contribution in [0.4, 0.5) is 4.39 Å². The molecule has 0 radical (unpaired) electrons. The number of hydrogen-bond donors (Lipinski definition) is 0. The van der Waals surface area contributed by atoms with Gasteiger partial charge in [-0.05, 0) is 13.0 Å². The molecule has 3 nitrogen and oxygen atoms in total. The van der Waals surface area contributed by atoms with Crippen LogP contribution in [-0.2, 0) is 4.74 Å². The second-order valence-corrected chi connectivity index (χ2v) is 3.70. The van der Waals surface area contributed by atoms with Gasteiger partial charge in [0, 0.05) is 17.0 Å². The SMILES string of the molecule is CCOC(=O)c1cnc(Cl)c2cccc(F)c12. The lowest BCUT2D eigenvalue weighted by atomic mass is 10.1.